The van der Waals surface area contributed by atoms with Crippen LogP contribution >= 0.6 is 15.9 Å². The number of nitrogens with zero attached hydrogens (tertiary/aromatic N) is 1. The molecule has 0 saturated carbocycles. The Hall–Kier alpha value is -1.25. The summed E-state index contributed by atoms with van der Waals surface area (Å²) in [5.41, 5.74) is -0.310. The fourth-order valence-electron chi connectivity index (χ4n) is 1.76. The molecule has 0 radical (unpaired) electrons. The molecule has 4 nitrogen and oxygen atoms in total. The van der Waals surface area contributed by atoms with Crippen LogP contribution in [-0.2, 0) is 4.79 Å². The van der Waals surface area contributed by atoms with E-state index in [4.69, 9.17) is 6.42 Å². The quantitative estimate of drug-likeness (QED) is 0.779. The Morgan fingerprint density at radius 2 is 2.33 bits per heavy atom. The van der Waals surface area contributed by atoms with Crippen molar-refractivity contribution >= 4 is 21.9 Å². The Morgan fingerprint density at radius 3 is 2.78 bits per heavy atom. The monoisotopic (exact) mass is 312 g/mol. The van der Waals surface area contributed by atoms with Crippen LogP contribution < -0.4 is 5.32 Å². The van der Waals surface area contributed by atoms with E-state index in [1.54, 1.807) is 6.08 Å². The van der Waals surface area contributed by atoms with Gasteiger partial charge in [0.1, 0.15) is 6.17 Å². The van der Waals surface area contributed by atoms with Crippen molar-refractivity contribution in [2.24, 2.45) is 0 Å². The number of nitrogens with one attached hydrogen (secondary N) is 1. The van der Waals surface area contributed by atoms with Crippen molar-refractivity contribution in [1.29, 1.82) is 0 Å². The molecule has 0 bridgehead atoms. The molecule has 1 aliphatic rings. The van der Waals surface area contributed by atoms with Gasteiger partial charge >= 0.3 is 5.97 Å². The SMILES string of the molecule is C#CC(C)(C)N1C=C(Br)C=C(C(=O)O)C1NCC. The largest absolute Gasteiger partial charge is 0.478 e. The number of hydrogen-bond acceptors (Lipinski definition) is 3. The second-order valence-corrected chi connectivity index (χ2v) is 5.41. The van der Waals surface area contributed by atoms with Crippen LogP contribution in [0, 0.1) is 12.3 Å². The molecule has 0 spiro atoms. The molecule has 1 aliphatic heterocycles. The third-order valence-corrected chi connectivity index (χ3v) is 3.21. The lowest BCUT2D eigenvalue weighted by Crippen LogP contribution is -2.55. The van der Waals surface area contributed by atoms with Gasteiger partial charge in [-0.15, -0.1) is 6.42 Å². The van der Waals surface area contributed by atoms with E-state index < -0.39 is 17.7 Å². The van der Waals surface area contributed by atoms with Crippen molar-refractivity contribution in [3.05, 3.63) is 22.3 Å². The lowest BCUT2D eigenvalue weighted by molar-refractivity contribution is -0.133. The minimum Gasteiger partial charge on any atom is -0.478 e. The molecule has 0 amide bonds. The van der Waals surface area contributed by atoms with Crippen LogP contribution in [0.3, 0.4) is 0 Å². The summed E-state index contributed by atoms with van der Waals surface area (Å²) in [4.78, 5) is 13.1. The zero-order valence-corrected chi connectivity index (χ0v) is 12.3. The van der Waals surface area contributed by atoms with Gasteiger partial charge in [-0.2, -0.15) is 0 Å². The molecule has 0 aromatic heterocycles. The highest BCUT2D eigenvalue weighted by molar-refractivity contribution is 9.11. The van der Waals surface area contributed by atoms with Gasteiger partial charge in [-0.05, 0) is 42.4 Å². The highest BCUT2D eigenvalue weighted by Gasteiger charge is 2.35. The molecule has 0 aromatic carbocycles. The number of terminal acetylenes is 1. The first-order valence-corrected chi connectivity index (χ1v) is 6.44. The van der Waals surface area contributed by atoms with Crippen molar-refractivity contribution in [3.63, 3.8) is 0 Å². The Bertz CT molecular complexity index is 446. The maximum atomic E-state index is 11.3. The zero-order valence-electron chi connectivity index (χ0n) is 10.7. The van der Waals surface area contributed by atoms with E-state index in [0.717, 1.165) is 0 Å². The predicted octanol–water partition coefficient (Wildman–Crippen LogP) is 1.90. The average molecular weight is 313 g/mol. The Kier molecular flexibility index (Phi) is 4.60. The Morgan fingerprint density at radius 1 is 1.72 bits per heavy atom. The minimum absolute atomic E-state index is 0.273. The first kappa shape index (κ1) is 14.8. The van der Waals surface area contributed by atoms with Gasteiger partial charge in [0.05, 0.1) is 11.1 Å². The van der Waals surface area contributed by atoms with Crippen LogP contribution in [0.4, 0.5) is 0 Å². The van der Waals surface area contributed by atoms with Gasteiger partial charge in [-0.3, -0.25) is 5.32 Å². The number of aliphatic carboxylic acids is 1. The summed E-state index contributed by atoms with van der Waals surface area (Å²) in [5.74, 6) is 1.73. The van der Waals surface area contributed by atoms with Crippen molar-refractivity contribution < 1.29 is 9.90 Å². The molecule has 0 saturated heterocycles. The molecule has 1 atom stereocenters. The van der Waals surface area contributed by atoms with E-state index in [0.29, 0.717) is 11.0 Å². The van der Waals surface area contributed by atoms with Crippen molar-refractivity contribution in [1.82, 2.24) is 10.2 Å². The summed E-state index contributed by atoms with van der Waals surface area (Å²) in [6.45, 7) is 6.32. The number of rotatable bonds is 4. The standard InChI is InChI=1S/C13H17BrN2O2/c1-5-13(3,4)16-8-9(14)7-10(12(17)18)11(16)15-6-2/h1,7-8,11,15H,6H2,2-4H3,(H,17,18). The summed E-state index contributed by atoms with van der Waals surface area (Å²) in [6.07, 6.45) is 8.52. The smallest absolute Gasteiger partial charge is 0.335 e. The van der Waals surface area contributed by atoms with Crippen LogP contribution in [0.2, 0.25) is 0 Å². The molecule has 1 unspecified atom stereocenters. The molecular formula is C13H17BrN2O2. The van der Waals surface area contributed by atoms with Gasteiger partial charge in [0, 0.05) is 10.7 Å². The van der Waals surface area contributed by atoms with Crippen LogP contribution in [0.1, 0.15) is 20.8 Å². The predicted molar refractivity (Wildman–Crippen MR) is 74.9 cm³/mol. The normalized spacial score (nSPS) is 19.9. The Balaban J connectivity index is 3.22. The topological polar surface area (TPSA) is 52.6 Å². The minimum atomic E-state index is -0.955. The maximum Gasteiger partial charge on any atom is 0.335 e. The number of carboxylic acids is 1. The van der Waals surface area contributed by atoms with E-state index in [2.05, 4.69) is 27.2 Å². The van der Waals surface area contributed by atoms with E-state index in [9.17, 15) is 9.90 Å². The average Bonchev–Trinajstić information content (AvgIpc) is 2.30. The molecule has 18 heavy (non-hydrogen) atoms. The number of likely N-dealkylation sites (N-methyl/N-ethyl adjacent to an activating group) is 1. The summed E-state index contributed by atoms with van der Waals surface area (Å²) >= 11 is 3.32. The van der Waals surface area contributed by atoms with E-state index in [1.165, 1.54) is 0 Å². The van der Waals surface area contributed by atoms with Crippen LogP contribution in [-0.4, -0.2) is 34.2 Å². The highest BCUT2D eigenvalue weighted by Crippen LogP contribution is 2.29. The van der Waals surface area contributed by atoms with E-state index in [1.807, 2.05) is 31.9 Å². The van der Waals surface area contributed by atoms with Crippen LogP contribution in [0.25, 0.3) is 0 Å². The molecule has 1 heterocycles. The number of halogens is 1. The van der Waals surface area contributed by atoms with Gasteiger partial charge in [-0.25, -0.2) is 4.79 Å². The third-order valence-electron chi connectivity index (χ3n) is 2.77. The summed E-state index contributed by atoms with van der Waals surface area (Å²) < 4.78 is 0.692. The molecule has 2 N–H and O–H groups in total. The summed E-state index contributed by atoms with van der Waals surface area (Å²) in [6, 6.07) is 0. The van der Waals surface area contributed by atoms with Crippen molar-refractivity contribution in [3.8, 4) is 12.3 Å². The van der Waals surface area contributed by atoms with Crippen molar-refractivity contribution in [2.75, 3.05) is 6.54 Å². The van der Waals surface area contributed by atoms with Gasteiger partial charge in [-0.1, -0.05) is 12.8 Å². The molecule has 0 fully saturated rings. The third kappa shape index (κ3) is 2.95. The van der Waals surface area contributed by atoms with Gasteiger partial charge in [0.25, 0.3) is 0 Å². The first-order valence-electron chi connectivity index (χ1n) is 5.65. The van der Waals surface area contributed by atoms with E-state index >= 15 is 0 Å². The number of allylic oxidation sites excluding steroid dienone is 2. The summed E-state index contributed by atoms with van der Waals surface area (Å²) in [5, 5.41) is 12.4. The molecule has 98 valence electrons. The fourth-order valence-corrected chi connectivity index (χ4v) is 2.23. The molecule has 5 heteroatoms. The summed E-state index contributed by atoms with van der Waals surface area (Å²) in [7, 11) is 0. The van der Waals surface area contributed by atoms with Crippen LogP contribution in [0.15, 0.2) is 22.3 Å². The van der Waals surface area contributed by atoms with Gasteiger partial charge in [0.15, 0.2) is 0 Å². The molecule has 0 aromatic rings. The lowest BCUT2D eigenvalue weighted by Gasteiger charge is -2.42. The van der Waals surface area contributed by atoms with Crippen molar-refractivity contribution in [2.45, 2.75) is 32.5 Å². The fraction of sp³-hybridized carbons (Fsp3) is 0.462. The molecular weight excluding hydrogens is 296 g/mol. The molecule has 0 aliphatic carbocycles. The second kappa shape index (κ2) is 5.59. The highest BCUT2D eigenvalue weighted by atomic mass is 79.9. The lowest BCUT2D eigenvalue weighted by atomic mass is 9.99. The first-order chi connectivity index (χ1) is 8.33. The van der Waals surface area contributed by atoms with Gasteiger partial charge in [0.2, 0.25) is 0 Å². The Labute approximate surface area is 116 Å². The second-order valence-electron chi connectivity index (χ2n) is 4.49. The number of carboxylic acid groups (broad SMARTS) is 1. The van der Waals surface area contributed by atoms with Crippen LogP contribution in [0.5, 0.6) is 0 Å². The maximum absolute atomic E-state index is 11.3. The number of carbonyl (C=O) groups is 1. The van der Waals surface area contributed by atoms with E-state index in [-0.39, 0.29) is 5.57 Å². The zero-order chi connectivity index (χ0) is 13.9. The number of hydrogen-bond donors (Lipinski definition) is 2. The van der Waals surface area contributed by atoms with Gasteiger partial charge < -0.3 is 10.0 Å². The molecule has 1 rings (SSSR count).